The second-order valence-electron chi connectivity index (χ2n) is 4.08. The second kappa shape index (κ2) is 4.11. The van der Waals surface area contributed by atoms with Gasteiger partial charge in [0, 0.05) is 27.9 Å². The fourth-order valence-corrected chi connectivity index (χ4v) is 2.61. The molecule has 86 valence electrons. The molecule has 3 rings (SSSR count). The van der Waals surface area contributed by atoms with Crippen LogP contribution in [0.4, 0.5) is 0 Å². The van der Waals surface area contributed by atoms with Crippen LogP contribution in [0.5, 0.6) is 0 Å². The van der Waals surface area contributed by atoms with Crippen LogP contribution in [0.3, 0.4) is 0 Å². The molecule has 0 spiro atoms. The molecule has 0 bridgehead atoms. The molecule has 0 fully saturated rings. The number of hydrogen-bond donors (Lipinski definition) is 0. The van der Waals surface area contributed by atoms with Crippen molar-refractivity contribution >= 4 is 32.3 Å². The average Bonchev–Trinajstić information content (AvgIpc) is 2.74. The fourth-order valence-electron chi connectivity index (χ4n) is 2.11. The minimum Gasteiger partial charge on any atom is -0.286 e. The van der Waals surface area contributed by atoms with Gasteiger partial charge in [-0.05, 0) is 18.6 Å². The Balaban J connectivity index is 2.38. The van der Waals surface area contributed by atoms with Gasteiger partial charge in [-0.2, -0.15) is 0 Å². The lowest BCUT2D eigenvalue weighted by Gasteiger charge is -2.03. The number of aryl methyl sites for hydroxylation is 1. The molecule has 0 saturated carbocycles. The van der Waals surface area contributed by atoms with E-state index in [1.54, 1.807) is 0 Å². The van der Waals surface area contributed by atoms with Crippen LogP contribution in [0.25, 0.3) is 16.4 Å². The maximum Gasteiger partial charge on any atom is 0.168 e. The summed E-state index contributed by atoms with van der Waals surface area (Å²) < 4.78 is 3.18. The van der Waals surface area contributed by atoms with E-state index in [1.807, 2.05) is 18.3 Å². The molecule has 3 nitrogen and oxygen atoms in total. The Morgan fingerprint density at radius 3 is 2.88 bits per heavy atom. The summed E-state index contributed by atoms with van der Waals surface area (Å²) in [5.74, 6) is 1.03. The molecule has 0 aliphatic carbocycles. The van der Waals surface area contributed by atoms with Gasteiger partial charge in [0.1, 0.15) is 5.82 Å². The van der Waals surface area contributed by atoms with Crippen LogP contribution in [0.15, 0.2) is 34.9 Å². The van der Waals surface area contributed by atoms with Crippen LogP contribution in [-0.2, 0) is 6.42 Å². The SMILES string of the molecule is CCCc1nnc2c3cccc(Br)c3ccn12. The van der Waals surface area contributed by atoms with Crippen LogP contribution >= 0.6 is 15.9 Å². The van der Waals surface area contributed by atoms with Crippen molar-refractivity contribution in [3.8, 4) is 0 Å². The van der Waals surface area contributed by atoms with Crippen molar-refractivity contribution in [2.75, 3.05) is 0 Å². The molecule has 2 heterocycles. The lowest BCUT2D eigenvalue weighted by Crippen LogP contribution is -1.93. The quantitative estimate of drug-likeness (QED) is 0.722. The zero-order valence-electron chi connectivity index (χ0n) is 9.52. The zero-order chi connectivity index (χ0) is 11.8. The van der Waals surface area contributed by atoms with E-state index in [0.29, 0.717) is 0 Å². The molecule has 0 N–H and O–H groups in total. The molecule has 0 unspecified atom stereocenters. The monoisotopic (exact) mass is 289 g/mol. The van der Waals surface area contributed by atoms with Crippen molar-refractivity contribution in [3.63, 3.8) is 0 Å². The Kier molecular flexibility index (Phi) is 2.59. The number of rotatable bonds is 2. The van der Waals surface area contributed by atoms with E-state index in [-0.39, 0.29) is 0 Å². The summed E-state index contributed by atoms with van der Waals surface area (Å²) in [5, 5.41) is 10.9. The smallest absolute Gasteiger partial charge is 0.168 e. The van der Waals surface area contributed by atoms with Gasteiger partial charge in [-0.15, -0.1) is 10.2 Å². The molecule has 0 saturated heterocycles. The van der Waals surface area contributed by atoms with Gasteiger partial charge in [0.2, 0.25) is 0 Å². The molecule has 0 aliphatic heterocycles. The van der Waals surface area contributed by atoms with Crippen LogP contribution in [-0.4, -0.2) is 14.6 Å². The molecule has 0 radical (unpaired) electrons. The summed E-state index contributed by atoms with van der Waals surface area (Å²) in [6.07, 6.45) is 4.09. The lowest BCUT2D eigenvalue weighted by molar-refractivity contribution is 0.818. The highest BCUT2D eigenvalue weighted by Crippen LogP contribution is 2.26. The third-order valence-corrected chi connectivity index (χ3v) is 3.62. The first-order valence-electron chi connectivity index (χ1n) is 5.72. The summed E-state index contributed by atoms with van der Waals surface area (Å²) in [6, 6.07) is 8.26. The number of fused-ring (bicyclic) bond motifs is 3. The highest BCUT2D eigenvalue weighted by atomic mass is 79.9. The zero-order valence-corrected chi connectivity index (χ0v) is 11.1. The Bertz CT molecular complexity index is 688. The number of halogens is 1. The van der Waals surface area contributed by atoms with E-state index in [2.05, 4.69) is 49.6 Å². The van der Waals surface area contributed by atoms with Crippen molar-refractivity contribution in [1.82, 2.24) is 14.6 Å². The van der Waals surface area contributed by atoms with Crippen LogP contribution in [0.2, 0.25) is 0 Å². The Morgan fingerprint density at radius 1 is 1.18 bits per heavy atom. The van der Waals surface area contributed by atoms with Crippen molar-refractivity contribution < 1.29 is 0 Å². The minimum atomic E-state index is 0.937. The van der Waals surface area contributed by atoms with Gasteiger partial charge >= 0.3 is 0 Å². The van der Waals surface area contributed by atoms with E-state index < -0.39 is 0 Å². The van der Waals surface area contributed by atoms with Crippen molar-refractivity contribution in [2.24, 2.45) is 0 Å². The van der Waals surface area contributed by atoms with E-state index in [9.17, 15) is 0 Å². The summed E-state index contributed by atoms with van der Waals surface area (Å²) in [6.45, 7) is 2.15. The van der Waals surface area contributed by atoms with E-state index in [4.69, 9.17) is 0 Å². The van der Waals surface area contributed by atoms with Gasteiger partial charge in [-0.1, -0.05) is 35.0 Å². The summed E-state index contributed by atoms with van der Waals surface area (Å²) in [4.78, 5) is 0. The fraction of sp³-hybridized carbons (Fsp3) is 0.231. The van der Waals surface area contributed by atoms with E-state index in [1.165, 1.54) is 5.39 Å². The van der Waals surface area contributed by atoms with Gasteiger partial charge in [0.05, 0.1) is 0 Å². The summed E-state index contributed by atoms with van der Waals surface area (Å²) in [5.41, 5.74) is 0.937. The highest BCUT2D eigenvalue weighted by Gasteiger charge is 2.08. The van der Waals surface area contributed by atoms with Crippen molar-refractivity contribution in [1.29, 1.82) is 0 Å². The maximum absolute atomic E-state index is 4.30. The molecular weight excluding hydrogens is 278 g/mol. The number of hydrogen-bond acceptors (Lipinski definition) is 2. The number of aromatic nitrogens is 3. The maximum atomic E-state index is 4.30. The Morgan fingerprint density at radius 2 is 2.06 bits per heavy atom. The van der Waals surface area contributed by atoms with Crippen LogP contribution in [0, 0.1) is 0 Å². The minimum absolute atomic E-state index is 0.937. The molecule has 0 amide bonds. The third kappa shape index (κ3) is 1.63. The normalized spacial score (nSPS) is 11.4. The summed E-state index contributed by atoms with van der Waals surface area (Å²) >= 11 is 3.56. The number of pyridine rings is 1. The molecule has 0 aliphatic rings. The molecule has 4 heteroatoms. The summed E-state index contributed by atoms with van der Waals surface area (Å²) in [7, 11) is 0. The second-order valence-corrected chi connectivity index (χ2v) is 4.93. The van der Waals surface area contributed by atoms with Crippen molar-refractivity contribution in [3.05, 3.63) is 40.8 Å². The number of nitrogens with zero attached hydrogens (tertiary/aromatic N) is 3. The molecular formula is C13H12BrN3. The predicted molar refractivity (Wildman–Crippen MR) is 72.2 cm³/mol. The first-order chi connectivity index (χ1) is 8.31. The molecule has 1 aromatic carbocycles. The van der Waals surface area contributed by atoms with Gasteiger partial charge in [-0.3, -0.25) is 4.40 Å². The highest BCUT2D eigenvalue weighted by molar-refractivity contribution is 9.10. The standard InChI is InChI=1S/C13H12BrN3/c1-2-4-12-15-16-13-10-5-3-6-11(14)9(10)7-8-17(12)13/h3,5-8H,2,4H2,1H3. The number of benzene rings is 1. The molecule has 3 aromatic rings. The van der Waals surface area contributed by atoms with Gasteiger partial charge in [0.15, 0.2) is 5.65 Å². The molecule has 0 atom stereocenters. The van der Waals surface area contributed by atoms with Gasteiger partial charge < -0.3 is 0 Å². The van der Waals surface area contributed by atoms with Crippen molar-refractivity contribution in [2.45, 2.75) is 19.8 Å². The average molecular weight is 290 g/mol. The van der Waals surface area contributed by atoms with E-state index in [0.717, 1.165) is 34.2 Å². The first kappa shape index (κ1) is 10.7. The predicted octanol–water partition coefficient (Wildman–Crippen LogP) is 3.60. The van der Waals surface area contributed by atoms with Crippen LogP contribution in [0.1, 0.15) is 19.2 Å². The molecule has 17 heavy (non-hydrogen) atoms. The molecule has 2 aromatic heterocycles. The van der Waals surface area contributed by atoms with Gasteiger partial charge in [0.25, 0.3) is 0 Å². The first-order valence-corrected chi connectivity index (χ1v) is 6.51. The topological polar surface area (TPSA) is 30.2 Å². The lowest BCUT2D eigenvalue weighted by atomic mass is 10.2. The van der Waals surface area contributed by atoms with E-state index >= 15 is 0 Å². The van der Waals surface area contributed by atoms with Gasteiger partial charge in [-0.25, -0.2) is 0 Å². The third-order valence-electron chi connectivity index (χ3n) is 2.92. The van der Waals surface area contributed by atoms with Crippen LogP contribution < -0.4 is 0 Å². The Labute approximate surface area is 108 Å². The largest absolute Gasteiger partial charge is 0.286 e. The Hall–Kier alpha value is -1.42.